The summed E-state index contributed by atoms with van der Waals surface area (Å²) in [7, 11) is 1.95. The van der Waals surface area contributed by atoms with Gasteiger partial charge in [-0.15, -0.1) is 0 Å². The Labute approximate surface area is 132 Å². The van der Waals surface area contributed by atoms with Crippen LogP contribution in [0, 0.1) is 0 Å². The summed E-state index contributed by atoms with van der Waals surface area (Å²) in [5.41, 5.74) is -0.842. The molecule has 23 heavy (non-hydrogen) atoms. The lowest BCUT2D eigenvalue weighted by Gasteiger charge is -2.35. The zero-order valence-corrected chi connectivity index (χ0v) is 12.8. The van der Waals surface area contributed by atoms with Crippen molar-refractivity contribution >= 4 is 5.82 Å². The number of halogens is 3. The van der Waals surface area contributed by atoms with Crippen molar-refractivity contribution in [3.8, 4) is 0 Å². The molecule has 1 saturated heterocycles. The fraction of sp³-hybridized carbons (Fsp3) is 0.467. The van der Waals surface area contributed by atoms with Gasteiger partial charge < -0.3 is 9.47 Å². The Balaban J connectivity index is 1.62. The molecule has 2 aromatic rings. The highest BCUT2D eigenvalue weighted by Crippen LogP contribution is 2.29. The smallest absolute Gasteiger partial charge is 0.354 e. The van der Waals surface area contributed by atoms with E-state index in [9.17, 15) is 13.2 Å². The van der Waals surface area contributed by atoms with E-state index in [1.54, 1.807) is 12.3 Å². The molecule has 2 aromatic heterocycles. The van der Waals surface area contributed by atoms with E-state index >= 15 is 0 Å². The number of piperazine rings is 1. The van der Waals surface area contributed by atoms with Crippen LogP contribution in [0.3, 0.4) is 0 Å². The summed E-state index contributed by atoms with van der Waals surface area (Å²) in [5.74, 6) is 1.37. The molecule has 124 valence electrons. The second-order valence-electron chi connectivity index (χ2n) is 5.60. The molecule has 1 aliphatic rings. The van der Waals surface area contributed by atoms with Gasteiger partial charge in [-0.1, -0.05) is 6.07 Å². The van der Waals surface area contributed by atoms with Crippen molar-refractivity contribution in [2.24, 2.45) is 7.05 Å². The summed E-state index contributed by atoms with van der Waals surface area (Å²) in [4.78, 5) is 12.2. The van der Waals surface area contributed by atoms with Gasteiger partial charge in [0.2, 0.25) is 0 Å². The lowest BCUT2D eigenvalue weighted by Crippen LogP contribution is -2.46. The molecule has 0 aliphatic carbocycles. The number of pyridine rings is 1. The Kier molecular flexibility index (Phi) is 4.25. The van der Waals surface area contributed by atoms with Gasteiger partial charge in [-0.25, -0.2) is 9.97 Å². The lowest BCUT2D eigenvalue weighted by atomic mass is 10.2. The van der Waals surface area contributed by atoms with Crippen LogP contribution in [0.1, 0.15) is 11.5 Å². The Bertz CT molecular complexity index is 659. The van der Waals surface area contributed by atoms with E-state index in [1.807, 2.05) is 22.7 Å². The number of hydrogen-bond acceptors (Lipinski definition) is 4. The highest BCUT2D eigenvalue weighted by molar-refractivity contribution is 5.40. The lowest BCUT2D eigenvalue weighted by molar-refractivity contribution is -0.141. The first-order valence-electron chi connectivity index (χ1n) is 7.41. The van der Waals surface area contributed by atoms with Crippen LogP contribution in [0.5, 0.6) is 0 Å². The van der Waals surface area contributed by atoms with E-state index in [-0.39, 0.29) is 0 Å². The summed E-state index contributed by atoms with van der Waals surface area (Å²) in [6.07, 6.45) is -0.744. The molecule has 0 saturated carbocycles. The molecule has 0 atom stereocenters. The Hall–Kier alpha value is -2.09. The zero-order chi connectivity index (χ0) is 16.4. The van der Waals surface area contributed by atoms with Gasteiger partial charge in [0.1, 0.15) is 17.3 Å². The van der Waals surface area contributed by atoms with Crippen molar-refractivity contribution < 1.29 is 13.2 Å². The molecule has 0 amide bonds. The third-order valence-electron chi connectivity index (χ3n) is 4.01. The van der Waals surface area contributed by atoms with Crippen LogP contribution in [0.2, 0.25) is 0 Å². The van der Waals surface area contributed by atoms with Crippen molar-refractivity contribution in [3.05, 3.63) is 42.1 Å². The number of aryl methyl sites for hydroxylation is 1. The average Bonchev–Trinajstić information content (AvgIpc) is 2.92. The third-order valence-corrected chi connectivity index (χ3v) is 4.01. The summed E-state index contributed by atoms with van der Waals surface area (Å²) in [6.45, 7) is 3.58. The van der Waals surface area contributed by atoms with Gasteiger partial charge in [-0.05, 0) is 12.1 Å². The Morgan fingerprint density at radius 2 is 1.87 bits per heavy atom. The molecule has 0 N–H and O–H groups in total. The summed E-state index contributed by atoms with van der Waals surface area (Å²) in [5, 5.41) is 0. The van der Waals surface area contributed by atoms with E-state index in [4.69, 9.17) is 0 Å². The molecule has 0 aromatic carbocycles. The highest BCUT2D eigenvalue weighted by atomic mass is 19.4. The molecular formula is C15H18F3N5. The predicted molar refractivity (Wildman–Crippen MR) is 79.9 cm³/mol. The molecule has 8 heteroatoms. The van der Waals surface area contributed by atoms with Gasteiger partial charge in [-0.3, -0.25) is 4.90 Å². The second-order valence-corrected chi connectivity index (χ2v) is 5.60. The largest absolute Gasteiger partial charge is 0.433 e. The van der Waals surface area contributed by atoms with Crippen molar-refractivity contribution in [3.63, 3.8) is 0 Å². The van der Waals surface area contributed by atoms with Crippen LogP contribution in [0.25, 0.3) is 0 Å². The minimum atomic E-state index is -4.41. The summed E-state index contributed by atoms with van der Waals surface area (Å²) >= 11 is 0. The van der Waals surface area contributed by atoms with Gasteiger partial charge in [0, 0.05) is 45.6 Å². The molecule has 0 spiro atoms. The van der Waals surface area contributed by atoms with Gasteiger partial charge in [0.25, 0.3) is 0 Å². The normalized spacial score (nSPS) is 16.8. The Morgan fingerprint density at radius 3 is 2.48 bits per heavy atom. The van der Waals surface area contributed by atoms with Crippen molar-refractivity contribution in [2.75, 3.05) is 31.1 Å². The quantitative estimate of drug-likeness (QED) is 0.867. The number of aromatic nitrogens is 3. The predicted octanol–water partition coefficient (Wildman–Crippen LogP) is 2.16. The topological polar surface area (TPSA) is 37.2 Å². The molecule has 1 aliphatic heterocycles. The third kappa shape index (κ3) is 3.64. The van der Waals surface area contributed by atoms with Crippen LogP contribution in [-0.4, -0.2) is 45.6 Å². The molecule has 3 heterocycles. The van der Waals surface area contributed by atoms with Gasteiger partial charge in [-0.2, -0.15) is 13.2 Å². The van der Waals surface area contributed by atoms with Gasteiger partial charge in [0.15, 0.2) is 0 Å². The number of anilines is 1. The minimum Gasteiger partial charge on any atom is -0.354 e. The maximum Gasteiger partial charge on any atom is 0.433 e. The van der Waals surface area contributed by atoms with E-state index in [1.165, 1.54) is 6.07 Å². The summed E-state index contributed by atoms with van der Waals surface area (Å²) < 4.78 is 40.2. The molecule has 3 rings (SSSR count). The number of rotatable bonds is 3. The maximum absolute atomic E-state index is 12.7. The SMILES string of the molecule is Cn1ccnc1CN1CCN(c2cccc(C(F)(F)F)n2)CC1. The minimum absolute atomic E-state index is 0.386. The highest BCUT2D eigenvalue weighted by Gasteiger charge is 2.33. The standard InChI is InChI=1S/C15H18F3N5/c1-21-6-5-19-14(21)11-22-7-9-23(10-8-22)13-4-2-3-12(20-13)15(16,17)18/h2-6H,7-11H2,1H3. The molecule has 1 fully saturated rings. The van der Waals surface area contributed by atoms with Gasteiger partial charge in [0.05, 0.1) is 6.54 Å². The molecule has 0 radical (unpaired) electrons. The van der Waals surface area contributed by atoms with Crippen molar-refractivity contribution in [1.29, 1.82) is 0 Å². The van der Waals surface area contributed by atoms with Crippen LogP contribution in [-0.2, 0) is 19.8 Å². The fourth-order valence-corrected chi connectivity index (χ4v) is 2.64. The average molecular weight is 325 g/mol. The number of imidazole rings is 1. The number of nitrogens with zero attached hydrogens (tertiary/aromatic N) is 5. The first-order valence-corrected chi connectivity index (χ1v) is 7.41. The number of alkyl halides is 3. The van der Waals surface area contributed by atoms with Gasteiger partial charge >= 0.3 is 6.18 Å². The van der Waals surface area contributed by atoms with Crippen LogP contribution in [0.4, 0.5) is 19.0 Å². The fourth-order valence-electron chi connectivity index (χ4n) is 2.64. The number of hydrogen-bond donors (Lipinski definition) is 0. The zero-order valence-electron chi connectivity index (χ0n) is 12.8. The van der Waals surface area contributed by atoms with Crippen LogP contribution in [0.15, 0.2) is 30.6 Å². The van der Waals surface area contributed by atoms with Crippen molar-refractivity contribution in [2.45, 2.75) is 12.7 Å². The van der Waals surface area contributed by atoms with E-state index < -0.39 is 11.9 Å². The van der Waals surface area contributed by atoms with E-state index in [0.29, 0.717) is 18.9 Å². The molecule has 5 nitrogen and oxygen atoms in total. The maximum atomic E-state index is 12.7. The van der Waals surface area contributed by atoms with Crippen LogP contribution >= 0.6 is 0 Å². The second kappa shape index (κ2) is 6.19. The summed E-state index contributed by atoms with van der Waals surface area (Å²) in [6, 6.07) is 4.04. The molecular weight excluding hydrogens is 307 g/mol. The first kappa shape index (κ1) is 15.8. The molecule has 0 unspecified atom stereocenters. The van der Waals surface area contributed by atoms with E-state index in [2.05, 4.69) is 14.9 Å². The van der Waals surface area contributed by atoms with Crippen molar-refractivity contribution in [1.82, 2.24) is 19.4 Å². The first-order chi connectivity index (χ1) is 10.9. The van der Waals surface area contributed by atoms with Crippen LogP contribution < -0.4 is 4.90 Å². The molecule has 0 bridgehead atoms. The van der Waals surface area contributed by atoms with E-state index in [0.717, 1.165) is 31.5 Å². The Morgan fingerprint density at radius 1 is 1.13 bits per heavy atom. The monoisotopic (exact) mass is 325 g/mol.